The summed E-state index contributed by atoms with van der Waals surface area (Å²) >= 11 is 0. The molecule has 0 bridgehead atoms. The van der Waals surface area contributed by atoms with Crippen molar-refractivity contribution in [3.8, 4) is 5.75 Å². The molecule has 0 aromatic heterocycles. The van der Waals surface area contributed by atoms with E-state index in [9.17, 15) is 9.90 Å². The van der Waals surface area contributed by atoms with Crippen LogP contribution in [0.15, 0.2) is 18.2 Å². The van der Waals surface area contributed by atoms with Crippen molar-refractivity contribution in [2.75, 3.05) is 6.61 Å². The summed E-state index contributed by atoms with van der Waals surface area (Å²) in [6.07, 6.45) is 0.443. The lowest BCUT2D eigenvalue weighted by Crippen LogP contribution is -2.41. The Bertz CT molecular complexity index is 469. The molecule has 1 rings (SSSR count). The largest absolute Gasteiger partial charge is 0.493 e. The number of benzene rings is 1. The molecule has 2 N–H and O–H groups in total. The molecule has 0 amide bonds. The summed E-state index contributed by atoms with van der Waals surface area (Å²) < 4.78 is 5.79. The minimum atomic E-state index is -0.833. The Morgan fingerprint density at radius 2 is 1.95 bits per heavy atom. The quantitative estimate of drug-likeness (QED) is 0.772. The van der Waals surface area contributed by atoms with E-state index < -0.39 is 12.0 Å². The molecule has 1 aromatic carbocycles. The highest BCUT2D eigenvalue weighted by atomic mass is 16.5. The molecule has 0 fully saturated rings. The fourth-order valence-corrected chi connectivity index (χ4v) is 2.10. The van der Waals surface area contributed by atoms with E-state index in [4.69, 9.17) is 4.74 Å². The van der Waals surface area contributed by atoms with E-state index in [0.717, 1.165) is 11.3 Å². The van der Waals surface area contributed by atoms with Crippen molar-refractivity contribution in [2.24, 2.45) is 0 Å². The van der Waals surface area contributed by atoms with Gasteiger partial charge in [0.2, 0.25) is 0 Å². The molecule has 0 spiro atoms. The minimum absolute atomic E-state index is 0.136. The van der Waals surface area contributed by atoms with Crippen LogP contribution in [-0.2, 0) is 4.79 Å². The molecule has 0 heterocycles. The number of carbonyl (C=O) groups is 1. The number of hydrogen-bond donors (Lipinski definition) is 2. The first-order chi connectivity index (χ1) is 9.81. The molecular formula is C17H27NO3. The summed E-state index contributed by atoms with van der Waals surface area (Å²) in [6, 6.07) is 5.76. The van der Waals surface area contributed by atoms with Crippen LogP contribution < -0.4 is 10.1 Å². The maximum Gasteiger partial charge on any atom is 0.320 e. The van der Waals surface area contributed by atoms with Crippen LogP contribution in [-0.4, -0.2) is 29.8 Å². The minimum Gasteiger partial charge on any atom is -0.493 e. The Morgan fingerprint density at radius 3 is 2.48 bits per heavy atom. The molecule has 1 unspecified atom stereocenters. The molecule has 21 heavy (non-hydrogen) atoms. The number of nitrogens with one attached hydrogen (secondary N) is 1. The van der Waals surface area contributed by atoms with E-state index in [1.165, 1.54) is 5.56 Å². The molecule has 0 aliphatic carbocycles. The van der Waals surface area contributed by atoms with Gasteiger partial charge in [-0.05, 0) is 30.0 Å². The smallest absolute Gasteiger partial charge is 0.320 e. The zero-order chi connectivity index (χ0) is 16.0. The predicted molar refractivity (Wildman–Crippen MR) is 85.1 cm³/mol. The lowest BCUT2D eigenvalue weighted by Gasteiger charge is -2.18. The Hall–Kier alpha value is -1.55. The predicted octanol–water partition coefficient (Wildman–Crippen LogP) is 3.34. The summed E-state index contributed by atoms with van der Waals surface area (Å²) in [5.74, 6) is 0.456. The molecule has 4 nitrogen and oxygen atoms in total. The number of aliphatic carboxylic acids is 1. The summed E-state index contributed by atoms with van der Waals surface area (Å²) in [4.78, 5) is 11.2. The zero-order valence-electron chi connectivity index (χ0n) is 13.6. The fraction of sp³-hybridized carbons (Fsp3) is 0.588. The van der Waals surface area contributed by atoms with Gasteiger partial charge in [-0.1, -0.05) is 39.8 Å². The monoisotopic (exact) mass is 293 g/mol. The first kappa shape index (κ1) is 17.5. The van der Waals surface area contributed by atoms with Gasteiger partial charge in [0.05, 0.1) is 6.61 Å². The van der Waals surface area contributed by atoms with Gasteiger partial charge in [-0.15, -0.1) is 0 Å². The van der Waals surface area contributed by atoms with Crippen LogP contribution in [0.25, 0.3) is 0 Å². The van der Waals surface area contributed by atoms with Gasteiger partial charge in [0.1, 0.15) is 11.8 Å². The van der Waals surface area contributed by atoms with Crippen molar-refractivity contribution in [2.45, 2.75) is 59.0 Å². The second kappa shape index (κ2) is 8.03. The van der Waals surface area contributed by atoms with Crippen LogP contribution >= 0.6 is 0 Å². The highest BCUT2D eigenvalue weighted by Gasteiger charge is 2.18. The highest BCUT2D eigenvalue weighted by Crippen LogP contribution is 2.24. The van der Waals surface area contributed by atoms with E-state index in [1.54, 1.807) is 0 Å². The van der Waals surface area contributed by atoms with Crippen LogP contribution in [0.5, 0.6) is 5.75 Å². The van der Waals surface area contributed by atoms with Crippen LogP contribution in [0, 0.1) is 6.92 Å². The fourth-order valence-electron chi connectivity index (χ4n) is 2.10. The molecule has 0 aliphatic heterocycles. The summed E-state index contributed by atoms with van der Waals surface area (Å²) in [6.45, 7) is 10.5. The van der Waals surface area contributed by atoms with Crippen molar-refractivity contribution in [1.82, 2.24) is 5.32 Å². The zero-order valence-corrected chi connectivity index (χ0v) is 13.6. The first-order valence-corrected chi connectivity index (χ1v) is 7.53. The summed E-state index contributed by atoms with van der Waals surface area (Å²) in [5.41, 5.74) is 2.30. The third-order valence-corrected chi connectivity index (χ3v) is 3.38. The SMILES string of the molecule is Cc1ccc(C(C)C)cc1OCCC(NC(C)C)C(=O)O. The van der Waals surface area contributed by atoms with Crippen molar-refractivity contribution in [1.29, 1.82) is 0 Å². The first-order valence-electron chi connectivity index (χ1n) is 7.53. The Balaban J connectivity index is 2.62. The number of carboxylic acids is 1. The van der Waals surface area contributed by atoms with Gasteiger partial charge in [0, 0.05) is 12.5 Å². The van der Waals surface area contributed by atoms with Crippen molar-refractivity contribution in [3.05, 3.63) is 29.3 Å². The van der Waals surface area contributed by atoms with E-state index in [1.807, 2.05) is 32.9 Å². The van der Waals surface area contributed by atoms with Crippen LogP contribution in [0.3, 0.4) is 0 Å². The second-order valence-corrected chi connectivity index (χ2v) is 6.03. The molecule has 1 aromatic rings. The van der Waals surface area contributed by atoms with Gasteiger partial charge < -0.3 is 15.2 Å². The Morgan fingerprint density at radius 1 is 1.29 bits per heavy atom. The van der Waals surface area contributed by atoms with Gasteiger partial charge >= 0.3 is 5.97 Å². The number of ether oxygens (including phenoxy) is 1. The van der Waals surface area contributed by atoms with E-state index in [-0.39, 0.29) is 6.04 Å². The molecule has 4 heteroatoms. The summed E-state index contributed by atoms with van der Waals surface area (Å²) in [7, 11) is 0. The van der Waals surface area contributed by atoms with Crippen LogP contribution in [0.4, 0.5) is 0 Å². The number of rotatable bonds is 8. The van der Waals surface area contributed by atoms with Gasteiger partial charge in [-0.3, -0.25) is 4.79 Å². The van der Waals surface area contributed by atoms with Gasteiger partial charge in [-0.25, -0.2) is 0 Å². The molecular weight excluding hydrogens is 266 g/mol. The van der Waals surface area contributed by atoms with E-state index >= 15 is 0 Å². The Labute approximate surface area is 127 Å². The normalized spacial score (nSPS) is 12.7. The lowest BCUT2D eigenvalue weighted by molar-refractivity contribution is -0.140. The molecule has 0 saturated carbocycles. The van der Waals surface area contributed by atoms with Crippen molar-refractivity contribution in [3.63, 3.8) is 0 Å². The third-order valence-electron chi connectivity index (χ3n) is 3.38. The van der Waals surface area contributed by atoms with Gasteiger partial charge in [0.25, 0.3) is 0 Å². The molecule has 0 aliphatic rings. The molecule has 0 saturated heterocycles. The average molecular weight is 293 g/mol. The van der Waals surface area contributed by atoms with Gasteiger partial charge in [0.15, 0.2) is 0 Å². The highest BCUT2D eigenvalue weighted by molar-refractivity contribution is 5.73. The number of aryl methyl sites for hydroxylation is 1. The van der Waals surface area contributed by atoms with Gasteiger partial charge in [-0.2, -0.15) is 0 Å². The maximum atomic E-state index is 11.2. The van der Waals surface area contributed by atoms with Crippen molar-refractivity contribution >= 4 is 5.97 Å². The topological polar surface area (TPSA) is 58.6 Å². The van der Waals surface area contributed by atoms with Crippen LogP contribution in [0.2, 0.25) is 0 Å². The third kappa shape index (κ3) is 5.76. The average Bonchev–Trinajstić information content (AvgIpc) is 2.38. The number of carboxylic acid groups (broad SMARTS) is 1. The molecule has 118 valence electrons. The van der Waals surface area contributed by atoms with Crippen molar-refractivity contribution < 1.29 is 14.6 Å². The standard InChI is InChI=1S/C17H27NO3/c1-11(2)14-7-6-13(5)16(10-14)21-9-8-15(17(19)20)18-12(3)4/h6-7,10-12,15,18H,8-9H2,1-5H3,(H,19,20). The summed E-state index contributed by atoms with van der Waals surface area (Å²) in [5, 5.41) is 12.2. The number of hydrogen-bond acceptors (Lipinski definition) is 3. The van der Waals surface area contributed by atoms with E-state index in [2.05, 4.69) is 25.2 Å². The second-order valence-electron chi connectivity index (χ2n) is 6.03. The lowest BCUT2D eigenvalue weighted by atomic mass is 10.0. The Kier molecular flexibility index (Phi) is 6.69. The van der Waals surface area contributed by atoms with E-state index in [0.29, 0.717) is 18.9 Å². The molecule has 1 atom stereocenters. The van der Waals surface area contributed by atoms with Crippen LogP contribution in [0.1, 0.15) is 51.2 Å². The molecule has 0 radical (unpaired) electrons. The maximum absolute atomic E-state index is 11.2.